The predicted octanol–water partition coefficient (Wildman–Crippen LogP) is 3.26. The first-order valence-electron chi connectivity index (χ1n) is 6.91. The molecule has 0 aliphatic rings. The Labute approximate surface area is 145 Å². The van der Waals surface area contributed by atoms with E-state index in [0.29, 0.717) is 18.0 Å². The summed E-state index contributed by atoms with van der Waals surface area (Å²) < 4.78 is 30.0. The normalized spacial score (nSPS) is 11.7. The van der Waals surface area contributed by atoms with Gasteiger partial charge in [0.2, 0.25) is 10.0 Å². The summed E-state index contributed by atoms with van der Waals surface area (Å²) in [5.74, 6) is 1.29. The number of rotatable bonds is 5. The van der Waals surface area contributed by atoms with E-state index in [0.717, 1.165) is 15.6 Å². The molecule has 2 aromatic rings. The minimum Gasteiger partial charge on any atom is -0.457 e. The number of ether oxygens (including phenoxy) is 1. The zero-order valence-corrected chi connectivity index (χ0v) is 15.6. The average Bonchev–Trinajstić information content (AvgIpc) is 2.43. The van der Waals surface area contributed by atoms with Crippen molar-refractivity contribution in [3.05, 3.63) is 52.0 Å². The van der Waals surface area contributed by atoms with Crippen LogP contribution >= 0.6 is 15.9 Å². The zero-order chi connectivity index (χ0) is 17.2. The van der Waals surface area contributed by atoms with E-state index in [1.54, 1.807) is 12.1 Å². The molecule has 0 aromatic heterocycles. The fourth-order valence-corrected chi connectivity index (χ4v) is 2.92. The number of hydrogen-bond acceptors (Lipinski definition) is 4. The van der Waals surface area contributed by atoms with Crippen molar-refractivity contribution < 1.29 is 13.2 Å². The Morgan fingerprint density at radius 3 is 2.43 bits per heavy atom. The van der Waals surface area contributed by atoms with Crippen LogP contribution < -0.4 is 9.88 Å². The lowest BCUT2D eigenvalue weighted by Crippen LogP contribution is -2.15. The van der Waals surface area contributed by atoms with Gasteiger partial charge in [-0.3, -0.25) is 0 Å². The number of halogens is 1. The SMILES string of the molecule is Cc1cc(Oc2ccc(S(N)(=O)=O)cc2CN(C)C)ccc1Br. The Morgan fingerprint density at radius 2 is 1.87 bits per heavy atom. The maximum Gasteiger partial charge on any atom is 0.238 e. The summed E-state index contributed by atoms with van der Waals surface area (Å²) in [6.07, 6.45) is 0. The summed E-state index contributed by atoms with van der Waals surface area (Å²) in [4.78, 5) is 2.01. The van der Waals surface area contributed by atoms with Crippen molar-refractivity contribution in [3.8, 4) is 11.5 Å². The molecule has 0 saturated heterocycles. The Hall–Kier alpha value is -1.41. The number of aryl methyl sites for hydroxylation is 1. The van der Waals surface area contributed by atoms with Crippen LogP contribution in [0.2, 0.25) is 0 Å². The van der Waals surface area contributed by atoms with Gasteiger partial charge in [0.25, 0.3) is 0 Å². The first-order valence-corrected chi connectivity index (χ1v) is 9.25. The number of sulfonamides is 1. The molecule has 0 heterocycles. The smallest absolute Gasteiger partial charge is 0.238 e. The van der Waals surface area contributed by atoms with Gasteiger partial charge in [0, 0.05) is 16.6 Å². The van der Waals surface area contributed by atoms with Gasteiger partial charge in [-0.25, -0.2) is 13.6 Å². The van der Waals surface area contributed by atoms with Gasteiger partial charge in [-0.2, -0.15) is 0 Å². The van der Waals surface area contributed by atoms with Crippen molar-refractivity contribution in [2.24, 2.45) is 5.14 Å². The van der Waals surface area contributed by atoms with Crippen LogP contribution in [0.1, 0.15) is 11.1 Å². The molecule has 2 aromatic carbocycles. The minimum absolute atomic E-state index is 0.0775. The van der Waals surface area contributed by atoms with Crippen LogP contribution in [0.5, 0.6) is 11.5 Å². The third-order valence-corrected chi connectivity index (χ3v) is 5.01. The molecule has 23 heavy (non-hydrogen) atoms. The number of nitrogens with two attached hydrogens (primary N) is 1. The summed E-state index contributed by atoms with van der Waals surface area (Å²) in [7, 11) is 0.0566. The standard InChI is InChI=1S/C16H19BrN2O3S/c1-11-8-13(4-6-15(11)17)22-16-7-5-14(23(18,20)21)9-12(16)10-19(2)3/h4-9H,10H2,1-3H3,(H2,18,20,21). The molecule has 0 fully saturated rings. The molecule has 7 heteroatoms. The van der Waals surface area contributed by atoms with Gasteiger partial charge < -0.3 is 9.64 Å². The summed E-state index contributed by atoms with van der Waals surface area (Å²) in [5.41, 5.74) is 1.81. The lowest BCUT2D eigenvalue weighted by atomic mass is 10.2. The second-order valence-corrected chi connectivity index (χ2v) is 7.98. The lowest BCUT2D eigenvalue weighted by Gasteiger charge is -2.16. The molecule has 5 nitrogen and oxygen atoms in total. The second-order valence-electron chi connectivity index (χ2n) is 5.57. The molecule has 0 unspecified atom stereocenters. The van der Waals surface area contributed by atoms with E-state index in [1.165, 1.54) is 6.07 Å². The minimum atomic E-state index is -3.74. The van der Waals surface area contributed by atoms with Crippen LogP contribution in [0, 0.1) is 6.92 Å². The largest absolute Gasteiger partial charge is 0.457 e. The van der Waals surface area contributed by atoms with Gasteiger partial charge in [0.1, 0.15) is 11.5 Å². The van der Waals surface area contributed by atoms with E-state index in [-0.39, 0.29) is 4.90 Å². The van der Waals surface area contributed by atoms with Crippen molar-refractivity contribution in [3.63, 3.8) is 0 Å². The third kappa shape index (κ3) is 4.78. The van der Waals surface area contributed by atoms with Crippen molar-refractivity contribution in [1.82, 2.24) is 4.90 Å². The van der Waals surface area contributed by atoms with Crippen LogP contribution in [0.3, 0.4) is 0 Å². The highest BCUT2D eigenvalue weighted by Gasteiger charge is 2.14. The van der Waals surface area contributed by atoms with Crippen molar-refractivity contribution in [2.45, 2.75) is 18.4 Å². The molecule has 0 aliphatic carbocycles. The van der Waals surface area contributed by atoms with Crippen LogP contribution in [0.25, 0.3) is 0 Å². The Morgan fingerprint density at radius 1 is 1.17 bits per heavy atom. The van der Waals surface area contributed by atoms with Crippen LogP contribution in [0.15, 0.2) is 45.8 Å². The van der Waals surface area contributed by atoms with E-state index in [4.69, 9.17) is 9.88 Å². The number of benzene rings is 2. The molecule has 0 spiro atoms. The summed E-state index contributed by atoms with van der Waals surface area (Å²) in [5, 5.41) is 5.21. The molecule has 0 saturated carbocycles. The fraction of sp³-hybridized carbons (Fsp3) is 0.250. The van der Waals surface area contributed by atoms with E-state index in [1.807, 2.05) is 44.1 Å². The number of hydrogen-bond donors (Lipinski definition) is 1. The van der Waals surface area contributed by atoms with Crippen LogP contribution in [-0.4, -0.2) is 27.4 Å². The van der Waals surface area contributed by atoms with Crippen LogP contribution in [-0.2, 0) is 16.6 Å². The van der Waals surface area contributed by atoms with Gasteiger partial charge in [0.15, 0.2) is 0 Å². The topological polar surface area (TPSA) is 72.6 Å². The quantitative estimate of drug-likeness (QED) is 0.838. The van der Waals surface area contributed by atoms with Gasteiger partial charge in [-0.15, -0.1) is 0 Å². The fourth-order valence-electron chi connectivity index (χ4n) is 2.10. The monoisotopic (exact) mass is 398 g/mol. The highest BCUT2D eigenvalue weighted by Crippen LogP contribution is 2.30. The summed E-state index contributed by atoms with van der Waals surface area (Å²) in [6.45, 7) is 2.51. The van der Waals surface area contributed by atoms with E-state index >= 15 is 0 Å². The second kappa shape index (κ2) is 7.00. The molecule has 0 bridgehead atoms. The third-order valence-electron chi connectivity index (χ3n) is 3.20. The molecule has 2 N–H and O–H groups in total. The van der Waals surface area contributed by atoms with Gasteiger partial charge >= 0.3 is 0 Å². The first-order chi connectivity index (χ1) is 10.7. The van der Waals surface area contributed by atoms with E-state index in [9.17, 15) is 8.42 Å². The molecular weight excluding hydrogens is 380 g/mol. The van der Waals surface area contributed by atoms with Crippen molar-refractivity contribution >= 4 is 26.0 Å². The van der Waals surface area contributed by atoms with E-state index < -0.39 is 10.0 Å². The lowest BCUT2D eigenvalue weighted by molar-refractivity contribution is 0.388. The highest BCUT2D eigenvalue weighted by molar-refractivity contribution is 9.10. The molecule has 0 amide bonds. The first kappa shape index (κ1) is 17.9. The maximum atomic E-state index is 11.5. The van der Waals surface area contributed by atoms with Gasteiger partial charge in [-0.1, -0.05) is 15.9 Å². The van der Waals surface area contributed by atoms with Gasteiger partial charge in [-0.05, 0) is 63.0 Å². The van der Waals surface area contributed by atoms with Crippen molar-refractivity contribution in [1.29, 1.82) is 0 Å². The average molecular weight is 399 g/mol. The van der Waals surface area contributed by atoms with E-state index in [2.05, 4.69) is 15.9 Å². The van der Waals surface area contributed by atoms with Gasteiger partial charge in [0.05, 0.1) is 4.90 Å². The molecule has 124 valence electrons. The highest BCUT2D eigenvalue weighted by atomic mass is 79.9. The molecule has 0 atom stereocenters. The molecular formula is C16H19BrN2O3S. The molecule has 0 radical (unpaired) electrons. The summed E-state index contributed by atoms with van der Waals surface area (Å²) in [6, 6.07) is 10.3. The maximum absolute atomic E-state index is 11.5. The van der Waals surface area contributed by atoms with Crippen LogP contribution in [0.4, 0.5) is 0 Å². The Bertz CT molecular complexity index is 820. The predicted molar refractivity (Wildman–Crippen MR) is 94.2 cm³/mol. The molecule has 2 rings (SSSR count). The van der Waals surface area contributed by atoms with Crippen molar-refractivity contribution in [2.75, 3.05) is 14.1 Å². The summed E-state index contributed by atoms with van der Waals surface area (Å²) >= 11 is 3.45. The molecule has 0 aliphatic heterocycles. The zero-order valence-electron chi connectivity index (χ0n) is 13.2. The Balaban J connectivity index is 2.42. The number of nitrogens with zero attached hydrogens (tertiary/aromatic N) is 1. The number of primary sulfonamides is 1. The Kier molecular flexibility index (Phi) is 5.46.